The van der Waals surface area contributed by atoms with Crippen LogP contribution in [0.5, 0.6) is 5.88 Å². The summed E-state index contributed by atoms with van der Waals surface area (Å²) in [4.78, 5) is 22.4. The molecule has 7 nitrogen and oxygen atoms in total. The number of piperazine rings is 1. The van der Waals surface area contributed by atoms with Gasteiger partial charge >= 0.3 is 5.97 Å². The SMILES string of the molecule is CCOC(=O)C1CNCCN1c1ncc(Br)c(OC)n1. The van der Waals surface area contributed by atoms with E-state index in [0.29, 0.717) is 36.0 Å². The fourth-order valence-corrected chi connectivity index (χ4v) is 2.37. The van der Waals surface area contributed by atoms with E-state index in [1.54, 1.807) is 13.1 Å². The summed E-state index contributed by atoms with van der Waals surface area (Å²) in [5, 5.41) is 3.18. The normalized spacial score (nSPS) is 18.8. The van der Waals surface area contributed by atoms with Crippen molar-refractivity contribution in [1.29, 1.82) is 0 Å². The maximum Gasteiger partial charge on any atom is 0.330 e. The van der Waals surface area contributed by atoms with Gasteiger partial charge in [-0.05, 0) is 22.9 Å². The van der Waals surface area contributed by atoms with Crippen molar-refractivity contribution in [3.05, 3.63) is 10.7 Å². The summed E-state index contributed by atoms with van der Waals surface area (Å²) in [6.07, 6.45) is 1.62. The Labute approximate surface area is 125 Å². The number of hydrogen-bond donors (Lipinski definition) is 1. The van der Waals surface area contributed by atoms with Gasteiger partial charge < -0.3 is 19.7 Å². The second kappa shape index (κ2) is 6.85. The van der Waals surface area contributed by atoms with E-state index in [4.69, 9.17) is 9.47 Å². The Morgan fingerprint density at radius 1 is 1.65 bits per heavy atom. The van der Waals surface area contributed by atoms with E-state index in [1.807, 2.05) is 4.90 Å². The molecule has 1 saturated heterocycles. The summed E-state index contributed by atoms with van der Waals surface area (Å²) >= 11 is 3.31. The zero-order valence-corrected chi connectivity index (χ0v) is 13.0. The first-order valence-corrected chi connectivity index (χ1v) is 7.17. The number of carbonyl (C=O) groups is 1. The lowest BCUT2D eigenvalue weighted by Gasteiger charge is -2.34. The quantitative estimate of drug-likeness (QED) is 0.801. The molecule has 0 aromatic carbocycles. The number of rotatable bonds is 4. The average molecular weight is 345 g/mol. The summed E-state index contributed by atoms with van der Waals surface area (Å²) in [5.41, 5.74) is 0. The molecule has 0 aliphatic carbocycles. The monoisotopic (exact) mass is 344 g/mol. The molecule has 1 aromatic rings. The Balaban J connectivity index is 2.25. The Morgan fingerprint density at radius 2 is 2.45 bits per heavy atom. The zero-order valence-electron chi connectivity index (χ0n) is 11.4. The third-order valence-corrected chi connectivity index (χ3v) is 3.50. The first kappa shape index (κ1) is 15.0. The molecule has 1 atom stereocenters. The molecule has 0 spiro atoms. The molecule has 20 heavy (non-hydrogen) atoms. The molecule has 1 fully saturated rings. The van der Waals surface area contributed by atoms with Gasteiger partial charge in [-0.1, -0.05) is 0 Å². The minimum Gasteiger partial charge on any atom is -0.480 e. The van der Waals surface area contributed by atoms with Gasteiger partial charge in [-0.3, -0.25) is 0 Å². The van der Waals surface area contributed by atoms with Gasteiger partial charge in [-0.2, -0.15) is 4.98 Å². The molecule has 1 aromatic heterocycles. The topological polar surface area (TPSA) is 76.6 Å². The molecule has 0 amide bonds. The predicted molar refractivity (Wildman–Crippen MR) is 76.9 cm³/mol. The Kier molecular flexibility index (Phi) is 5.13. The van der Waals surface area contributed by atoms with Crippen LogP contribution in [0.1, 0.15) is 6.92 Å². The lowest BCUT2D eigenvalue weighted by molar-refractivity contribution is -0.144. The Hall–Kier alpha value is -1.41. The first-order chi connectivity index (χ1) is 9.67. The number of halogens is 1. The van der Waals surface area contributed by atoms with Gasteiger partial charge in [0.05, 0.1) is 24.4 Å². The molecular formula is C12H17BrN4O3. The smallest absolute Gasteiger partial charge is 0.330 e. The van der Waals surface area contributed by atoms with Crippen LogP contribution in [0.3, 0.4) is 0 Å². The summed E-state index contributed by atoms with van der Waals surface area (Å²) < 4.78 is 10.9. The number of aromatic nitrogens is 2. The molecule has 2 rings (SSSR count). The van der Waals surface area contributed by atoms with E-state index in [2.05, 4.69) is 31.2 Å². The predicted octanol–water partition coefficient (Wildman–Crippen LogP) is 0.589. The van der Waals surface area contributed by atoms with Gasteiger partial charge in [-0.15, -0.1) is 0 Å². The van der Waals surface area contributed by atoms with Crippen LogP contribution in [0, 0.1) is 0 Å². The van der Waals surface area contributed by atoms with Crippen molar-refractivity contribution in [2.75, 3.05) is 38.3 Å². The molecular weight excluding hydrogens is 328 g/mol. The highest BCUT2D eigenvalue weighted by atomic mass is 79.9. The standard InChI is InChI=1S/C12H17BrN4O3/c1-3-20-11(18)9-7-14-4-5-17(9)12-15-6-8(13)10(16-12)19-2/h6,9,14H,3-5,7H2,1-2H3. The molecule has 2 heterocycles. The van der Waals surface area contributed by atoms with Crippen molar-refractivity contribution in [1.82, 2.24) is 15.3 Å². The van der Waals surface area contributed by atoms with Gasteiger partial charge in [0.2, 0.25) is 11.8 Å². The summed E-state index contributed by atoms with van der Waals surface area (Å²) in [7, 11) is 1.54. The van der Waals surface area contributed by atoms with Crippen LogP contribution in [-0.4, -0.2) is 55.3 Å². The third-order valence-electron chi connectivity index (χ3n) is 2.95. The molecule has 1 N–H and O–H groups in total. The maximum atomic E-state index is 12.0. The summed E-state index contributed by atoms with van der Waals surface area (Å²) in [6.45, 7) is 4.05. The number of hydrogen-bond acceptors (Lipinski definition) is 7. The molecule has 1 aliphatic rings. The van der Waals surface area contributed by atoms with Crippen molar-refractivity contribution >= 4 is 27.8 Å². The Bertz CT molecular complexity index is 486. The molecule has 0 bridgehead atoms. The molecule has 1 unspecified atom stereocenters. The van der Waals surface area contributed by atoms with E-state index in [0.717, 1.165) is 6.54 Å². The average Bonchev–Trinajstić information content (AvgIpc) is 2.48. The van der Waals surface area contributed by atoms with Gasteiger partial charge in [0.25, 0.3) is 0 Å². The highest BCUT2D eigenvalue weighted by Gasteiger charge is 2.31. The number of carbonyl (C=O) groups excluding carboxylic acids is 1. The lowest BCUT2D eigenvalue weighted by atomic mass is 10.2. The van der Waals surface area contributed by atoms with Crippen molar-refractivity contribution in [3.8, 4) is 5.88 Å². The van der Waals surface area contributed by atoms with E-state index in [-0.39, 0.29) is 5.97 Å². The molecule has 0 radical (unpaired) electrons. The van der Waals surface area contributed by atoms with Gasteiger partial charge in [0.15, 0.2) is 0 Å². The third kappa shape index (κ3) is 3.18. The number of anilines is 1. The zero-order chi connectivity index (χ0) is 14.5. The van der Waals surface area contributed by atoms with E-state index < -0.39 is 6.04 Å². The van der Waals surface area contributed by atoms with Crippen LogP contribution < -0.4 is 15.0 Å². The van der Waals surface area contributed by atoms with Crippen molar-refractivity contribution in [2.24, 2.45) is 0 Å². The second-order valence-electron chi connectivity index (χ2n) is 4.19. The van der Waals surface area contributed by atoms with E-state index >= 15 is 0 Å². The number of esters is 1. The van der Waals surface area contributed by atoms with Gasteiger partial charge in [0.1, 0.15) is 6.04 Å². The van der Waals surface area contributed by atoms with Crippen LogP contribution in [0.4, 0.5) is 5.95 Å². The summed E-state index contributed by atoms with van der Waals surface area (Å²) in [6, 6.07) is -0.422. The summed E-state index contributed by atoms with van der Waals surface area (Å²) in [5.74, 6) is 0.630. The minimum absolute atomic E-state index is 0.273. The number of methoxy groups -OCH3 is 1. The fraction of sp³-hybridized carbons (Fsp3) is 0.583. The molecule has 110 valence electrons. The maximum absolute atomic E-state index is 12.0. The van der Waals surface area contributed by atoms with Crippen molar-refractivity contribution in [2.45, 2.75) is 13.0 Å². The lowest BCUT2D eigenvalue weighted by Crippen LogP contribution is -2.56. The molecule has 0 saturated carbocycles. The molecule has 1 aliphatic heterocycles. The largest absolute Gasteiger partial charge is 0.480 e. The number of ether oxygens (including phenoxy) is 2. The second-order valence-corrected chi connectivity index (χ2v) is 5.05. The Morgan fingerprint density at radius 3 is 3.15 bits per heavy atom. The number of nitrogens with one attached hydrogen (secondary N) is 1. The van der Waals surface area contributed by atoms with Gasteiger partial charge in [0, 0.05) is 19.6 Å². The number of nitrogens with zero attached hydrogens (tertiary/aromatic N) is 3. The van der Waals surface area contributed by atoms with Crippen LogP contribution in [0.15, 0.2) is 10.7 Å². The van der Waals surface area contributed by atoms with Crippen molar-refractivity contribution < 1.29 is 14.3 Å². The highest BCUT2D eigenvalue weighted by molar-refractivity contribution is 9.10. The fourth-order valence-electron chi connectivity index (χ4n) is 2.02. The van der Waals surface area contributed by atoms with E-state index in [9.17, 15) is 4.79 Å². The van der Waals surface area contributed by atoms with Crippen molar-refractivity contribution in [3.63, 3.8) is 0 Å². The van der Waals surface area contributed by atoms with Gasteiger partial charge in [-0.25, -0.2) is 9.78 Å². The molecule has 8 heteroatoms. The van der Waals surface area contributed by atoms with Crippen LogP contribution in [-0.2, 0) is 9.53 Å². The van der Waals surface area contributed by atoms with E-state index in [1.165, 1.54) is 7.11 Å². The van der Waals surface area contributed by atoms with Crippen LogP contribution >= 0.6 is 15.9 Å². The minimum atomic E-state index is -0.422. The van der Waals surface area contributed by atoms with Crippen LogP contribution in [0.2, 0.25) is 0 Å². The highest BCUT2D eigenvalue weighted by Crippen LogP contribution is 2.24. The first-order valence-electron chi connectivity index (χ1n) is 6.38. The van der Waals surface area contributed by atoms with Crippen LogP contribution in [0.25, 0.3) is 0 Å².